The molecule has 0 rings (SSSR count). The molecule has 0 saturated heterocycles. The Morgan fingerprint density at radius 1 is 0.462 bits per heavy atom. The lowest BCUT2D eigenvalue weighted by Crippen LogP contribution is -2.46. The number of rotatable bonds is 50. The number of aliphatic hydroxyl groups is 2. The Kier molecular flexibility index (Phi) is 50.6. The monoisotopic (exact) mass is 910 g/mol. The van der Waals surface area contributed by atoms with E-state index in [4.69, 9.17) is 4.74 Å². The average molecular weight is 911 g/mol. The number of carbonyl (C=O) groups excluding carboxylic acids is 2. The molecule has 378 valence electrons. The molecule has 0 radical (unpaired) electrons. The second-order valence-corrected chi connectivity index (χ2v) is 19.0. The van der Waals surface area contributed by atoms with Gasteiger partial charge in [0.25, 0.3) is 0 Å². The van der Waals surface area contributed by atoms with Gasteiger partial charge < -0.3 is 20.3 Å². The topological polar surface area (TPSA) is 95.9 Å². The van der Waals surface area contributed by atoms with Crippen molar-refractivity contribution in [3.05, 3.63) is 60.8 Å². The number of allylic oxidation sites excluding steroid dienone is 10. The molecule has 0 saturated carbocycles. The highest BCUT2D eigenvalue weighted by molar-refractivity contribution is 5.77. The van der Waals surface area contributed by atoms with Crippen LogP contribution in [-0.4, -0.2) is 46.9 Å². The zero-order chi connectivity index (χ0) is 47.4. The summed E-state index contributed by atoms with van der Waals surface area (Å²) in [5.41, 5.74) is 0. The van der Waals surface area contributed by atoms with E-state index in [1.54, 1.807) is 0 Å². The van der Waals surface area contributed by atoms with Crippen LogP contribution in [0.5, 0.6) is 0 Å². The lowest BCUT2D eigenvalue weighted by atomic mass is 10.0. The van der Waals surface area contributed by atoms with Crippen molar-refractivity contribution in [2.24, 2.45) is 0 Å². The third kappa shape index (κ3) is 47.8. The summed E-state index contributed by atoms with van der Waals surface area (Å²) in [7, 11) is 0. The Balaban J connectivity index is 4.66. The van der Waals surface area contributed by atoms with E-state index in [2.05, 4.69) is 86.8 Å². The Labute approximate surface area is 403 Å². The van der Waals surface area contributed by atoms with E-state index < -0.39 is 18.2 Å². The standard InChI is InChI=1S/C59H107NO5/c1-4-7-10-13-16-19-22-25-27-29-31-34-37-40-43-46-49-52-59(64)65-55(50-47-44-41-38-35-33-30-28-26-23-20-17-14-11-8-5-2)53-58(63)60-56(54-61)57(62)51-48-45-42-39-36-32-24-21-18-15-12-9-6-3/h16,19,25,27-28,30-31,33-35,55-57,61-62H,4-15,17-18,20-24,26,29,32,36-54H2,1-3H3,(H,60,63)/b19-16-,27-25-,30-28+,34-31-,35-33+. The van der Waals surface area contributed by atoms with E-state index in [1.165, 1.54) is 135 Å². The molecular weight excluding hydrogens is 803 g/mol. The smallest absolute Gasteiger partial charge is 0.306 e. The van der Waals surface area contributed by atoms with Crippen LogP contribution in [0.4, 0.5) is 0 Å². The van der Waals surface area contributed by atoms with Gasteiger partial charge in [0.1, 0.15) is 6.10 Å². The van der Waals surface area contributed by atoms with Gasteiger partial charge in [0.2, 0.25) is 5.91 Å². The maximum atomic E-state index is 13.2. The average Bonchev–Trinajstić information content (AvgIpc) is 3.30. The fraction of sp³-hybridized carbons (Fsp3) is 0.797. The van der Waals surface area contributed by atoms with Crippen molar-refractivity contribution in [3.8, 4) is 0 Å². The molecule has 0 aromatic rings. The molecule has 0 aromatic heterocycles. The first kappa shape index (κ1) is 62.6. The number of unbranched alkanes of at least 4 members (excludes halogenated alkanes) is 29. The lowest BCUT2D eigenvalue weighted by Gasteiger charge is -2.24. The van der Waals surface area contributed by atoms with Gasteiger partial charge in [0, 0.05) is 6.42 Å². The predicted molar refractivity (Wildman–Crippen MR) is 282 cm³/mol. The molecular formula is C59H107NO5. The van der Waals surface area contributed by atoms with Crippen LogP contribution in [-0.2, 0) is 14.3 Å². The van der Waals surface area contributed by atoms with Crippen molar-refractivity contribution in [1.82, 2.24) is 5.32 Å². The van der Waals surface area contributed by atoms with Gasteiger partial charge in [-0.2, -0.15) is 0 Å². The second-order valence-electron chi connectivity index (χ2n) is 19.0. The van der Waals surface area contributed by atoms with Gasteiger partial charge in [0.05, 0.1) is 25.2 Å². The molecule has 1 amide bonds. The highest BCUT2D eigenvalue weighted by Crippen LogP contribution is 2.17. The van der Waals surface area contributed by atoms with Crippen LogP contribution in [0.2, 0.25) is 0 Å². The molecule has 0 spiro atoms. The van der Waals surface area contributed by atoms with Gasteiger partial charge in [-0.15, -0.1) is 0 Å². The summed E-state index contributed by atoms with van der Waals surface area (Å²) in [6.45, 7) is 6.45. The Morgan fingerprint density at radius 2 is 0.831 bits per heavy atom. The van der Waals surface area contributed by atoms with Crippen molar-refractivity contribution in [2.45, 2.75) is 296 Å². The fourth-order valence-electron chi connectivity index (χ4n) is 8.31. The van der Waals surface area contributed by atoms with Gasteiger partial charge in [0.15, 0.2) is 0 Å². The first-order valence-corrected chi connectivity index (χ1v) is 28.0. The minimum atomic E-state index is -0.800. The van der Waals surface area contributed by atoms with Crippen LogP contribution >= 0.6 is 0 Å². The molecule has 6 heteroatoms. The van der Waals surface area contributed by atoms with E-state index in [9.17, 15) is 19.8 Å². The van der Waals surface area contributed by atoms with E-state index in [1.807, 2.05) is 0 Å². The summed E-state index contributed by atoms with van der Waals surface area (Å²) in [4.78, 5) is 26.2. The molecule has 3 N–H and O–H groups in total. The predicted octanol–water partition coefficient (Wildman–Crippen LogP) is 17.2. The Bertz CT molecular complexity index is 1160. The molecule has 0 aliphatic rings. The van der Waals surface area contributed by atoms with Crippen molar-refractivity contribution in [2.75, 3.05) is 6.61 Å². The maximum Gasteiger partial charge on any atom is 0.306 e. The summed E-state index contributed by atoms with van der Waals surface area (Å²) in [5, 5.41) is 23.8. The number of ether oxygens (including phenoxy) is 1. The van der Waals surface area contributed by atoms with Gasteiger partial charge in [-0.1, -0.05) is 236 Å². The van der Waals surface area contributed by atoms with E-state index >= 15 is 0 Å². The minimum Gasteiger partial charge on any atom is -0.462 e. The number of hydrogen-bond donors (Lipinski definition) is 3. The molecule has 0 aromatic carbocycles. The van der Waals surface area contributed by atoms with Crippen LogP contribution in [0, 0.1) is 0 Å². The van der Waals surface area contributed by atoms with Crippen molar-refractivity contribution in [3.63, 3.8) is 0 Å². The van der Waals surface area contributed by atoms with E-state index in [0.717, 1.165) is 96.3 Å². The molecule has 6 nitrogen and oxygen atoms in total. The summed E-state index contributed by atoms with van der Waals surface area (Å²) in [5.74, 6) is -0.520. The molecule has 3 unspecified atom stereocenters. The summed E-state index contributed by atoms with van der Waals surface area (Å²) in [6.07, 6.45) is 65.6. The van der Waals surface area contributed by atoms with Gasteiger partial charge in [-0.3, -0.25) is 9.59 Å². The van der Waals surface area contributed by atoms with E-state index in [-0.39, 0.29) is 24.9 Å². The number of carbonyl (C=O) groups is 2. The molecule has 0 aliphatic carbocycles. The Morgan fingerprint density at radius 3 is 1.32 bits per heavy atom. The summed E-state index contributed by atoms with van der Waals surface area (Å²) < 4.78 is 5.93. The van der Waals surface area contributed by atoms with Gasteiger partial charge in [-0.05, 0) is 89.9 Å². The molecule has 0 heterocycles. The number of nitrogens with one attached hydrogen (secondary N) is 1. The summed E-state index contributed by atoms with van der Waals surface area (Å²) >= 11 is 0. The Hall–Kier alpha value is -2.44. The zero-order valence-electron chi connectivity index (χ0n) is 43.1. The quantitative estimate of drug-likeness (QED) is 0.0245. The third-order valence-electron chi connectivity index (χ3n) is 12.6. The maximum absolute atomic E-state index is 13.2. The lowest BCUT2D eigenvalue weighted by molar-refractivity contribution is -0.151. The van der Waals surface area contributed by atoms with E-state index in [0.29, 0.717) is 19.3 Å². The number of aliphatic hydroxyl groups excluding tert-OH is 2. The minimum absolute atomic E-state index is 0.0500. The highest BCUT2D eigenvalue weighted by atomic mass is 16.5. The molecule has 65 heavy (non-hydrogen) atoms. The van der Waals surface area contributed by atoms with Crippen LogP contribution in [0.25, 0.3) is 0 Å². The third-order valence-corrected chi connectivity index (χ3v) is 12.6. The largest absolute Gasteiger partial charge is 0.462 e. The van der Waals surface area contributed by atoms with Crippen LogP contribution < -0.4 is 5.32 Å². The molecule has 0 bridgehead atoms. The number of hydrogen-bond acceptors (Lipinski definition) is 5. The second kappa shape index (κ2) is 52.5. The van der Waals surface area contributed by atoms with Crippen LogP contribution in [0.1, 0.15) is 278 Å². The molecule has 3 atom stereocenters. The zero-order valence-corrected chi connectivity index (χ0v) is 43.1. The number of amides is 1. The fourth-order valence-corrected chi connectivity index (χ4v) is 8.31. The van der Waals surface area contributed by atoms with Crippen LogP contribution in [0.15, 0.2) is 60.8 Å². The first-order valence-electron chi connectivity index (χ1n) is 28.0. The van der Waals surface area contributed by atoms with Crippen molar-refractivity contribution in [1.29, 1.82) is 0 Å². The SMILES string of the molecule is CCCCC/C=C\C/C=C\C/C=C\CCCCCCC(=O)OC(CCCCC/C=C/C=C/CCCCCCCCC)CC(=O)NC(CO)C(O)CCCCCCCCCCCCCCC. The molecule has 0 aliphatic heterocycles. The van der Waals surface area contributed by atoms with Gasteiger partial charge in [-0.25, -0.2) is 0 Å². The highest BCUT2D eigenvalue weighted by Gasteiger charge is 2.24. The number of esters is 1. The molecule has 0 fully saturated rings. The van der Waals surface area contributed by atoms with Gasteiger partial charge >= 0.3 is 5.97 Å². The normalized spacial score (nSPS) is 13.6. The first-order chi connectivity index (χ1) is 32.0. The van der Waals surface area contributed by atoms with Crippen molar-refractivity contribution < 1.29 is 24.5 Å². The summed E-state index contributed by atoms with van der Waals surface area (Å²) in [6, 6.07) is -0.716. The van der Waals surface area contributed by atoms with Crippen molar-refractivity contribution >= 4 is 11.9 Å². The van der Waals surface area contributed by atoms with Crippen LogP contribution in [0.3, 0.4) is 0 Å².